The molecule has 0 N–H and O–H groups in total. The summed E-state index contributed by atoms with van der Waals surface area (Å²) >= 11 is 3.62. The largest absolute Gasteiger partial charge is 0.494 e. The van der Waals surface area contributed by atoms with E-state index in [0.717, 1.165) is 163 Å². The second-order valence-corrected chi connectivity index (χ2v) is 24.2. The van der Waals surface area contributed by atoms with Crippen LogP contribution in [0.3, 0.4) is 0 Å². The molecule has 0 radical (unpaired) electrons. The predicted octanol–water partition coefficient (Wildman–Crippen LogP) is 15.1. The monoisotopic (exact) mass is 1180 g/mol. The van der Waals surface area contributed by atoms with Crippen LogP contribution in [0.1, 0.15) is 116 Å². The third-order valence-corrected chi connectivity index (χ3v) is 18.1. The molecular weight excluding hydrogens is 1090 g/mol. The lowest BCUT2D eigenvalue weighted by Crippen LogP contribution is -2.46. The van der Waals surface area contributed by atoms with Gasteiger partial charge in [-0.25, -0.2) is 9.97 Å². The molecule has 0 aliphatic carbocycles. The Balaban J connectivity index is 0.484. The van der Waals surface area contributed by atoms with Crippen molar-refractivity contribution < 1.29 is 38.0 Å². The lowest BCUT2D eigenvalue weighted by molar-refractivity contribution is -0.151. The SMILES string of the molecule is O=C(CCCCCCCCCCCCCCC(=O)OCOc1ccc2ccc(OCCCCN3CCN(c4cccc5sccc45)CC3)cc2n1)OCOc1ccc2ccc(OCCCCN3CCN(c4cccc5sccc45)CC3)cc2n1. The third kappa shape index (κ3) is 18.4. The van der Waals surface area contributed by atoms with Crippen LogP contribution in [0.2, 0.25) is 0 Å². The number of hydrogen-bond acceptors (Lipinski definition) is 16. The van der Waals surface area contributed by atoms with Crippen LogP contribution < -0.4 is 28.7 Å². The molecule has 84 heavy (non-hydrogen) atoms. The van der Waals surface area contributed by atoms with E-state index in [9.17, 15) is 9.59 Å². The van der Waals surface area contributed by atoms with E-state index in [1.165, 1.54) is 70.1 Å². The number of hydrogen-bond donors (Lipinski definition) is 0. The lowest BCUT2D eigenvalue weighted by Gasteiger charge is -2.36. The number of nitrogens with zero attached hydrogens (tertiary/aromatic N) is 6. The molecule has 14 nitrogen and oxygen atoms in total. The number of esters is 2. The van der Waals surface area contributed by atoms with Gasteiger partial charge in [0.2, 0.25) is 25.3 Å². The summed E-state index contributed by atoms with van der Waals surface area (Å²) < 4.78 is 37.1. The molecular formula is C68H84N6O8S2. The molecule has 0 spiro atoms. The van der Waals surface area contributed by atoms with Crippen molar-refractivity contribution in [1.29, 1.82) is 0 Å². The molecule has 446 valence electrons. The zero-order valence-corrected chi connectivity index (χ0v) is 50.6. The van der Waals surface area contributed by atoms with Crippen molar-refractivity contribution in [3.05, 3.63) is 120 Å². The summed E-state index contributed by atoms with van der Waals surface area (Å²) in [7, 11) is 0. The van der Waals surface area contributed by atoms with Crippen LogP contribution in [0.5, 0.6) is 23.3 Å². The van der Waals surface area contributed by atoms with Gasteiger partial charge in [-0.15, -0.1) is 22.7 Å². The zero-order valence-electron chi connectivity index (χ0n) is 48.9. The van der Waals surface area contributed by atoms with Crippen LogP contribution in [0, 0.1) is 0 Å². The molecule has 2 aliphatic heterocycles. The fourth-order valence-electron chi connectivity index (χ4n) is 11.4. The van der Waals surface area contributed by atoms with Gasteiger partial charge in [-0.3, -0.25) is 19.4 Å². The summed E-state index contributed by atoms with van der Waals surface area (Å²) in [6.45, 7) is 11.7. The van der Waals surface area contributed by atoms with Gasteiger partial charge in [0.1, 0.15) is 11.5 Å². The fraction of sp³-hybridized carbons (Fsp3) is 0.471. The summed E-state index contributed by atoms with van der Waals surface area (Å²) in [5.74, 6) is 1.91. The first-order valence-electron chi connectivity index (χ1n) is 31.0. The highest BCUT2D eigenvalue weighted by molar-refractivity contribution is 7.17. The molecule has 0 bridgehead atoms. The maximum atomic E-state index is 12.4. The number of piperazine rings is 2. The minimum atomic E-state index is -0.247. The molecule has 0 saturated carbocycles. The van der Waals surface area contributed by atoms with Gasteiger partial charge in [0.15, 0.2) is 0 Å². The van der Waals surface area contributed by atoms with E-state index in [0.29, 0.717) is 37.8 Å². The second kappa shape index (κ2) is 32.5. The summed E-state index contributed by atoms with van der Waals surface area (Å²) in [5.41, 5.74) is 4.29. The first-order chi connectivity index (χ1) is 41.5. The van der Waals surface area contributed by atoms with Gasteiger partial charge in [-0.2, -0.15) is 0 Å². The van der Waals surface area contributed by atoms with E-state index in [-0.39, 0.29) is 25.5 Å². The number of thiophene rings is 2. The van der Waals surface area contributed by atoms with Crippen LogP contribution >= 0.6 is 22.7 Å². The predicted molar refractivity (Wildman–Crippen MR) is 342 cm³/mol. The number of rotatable bonds is 35. The van der Waals surface area contributed by atoms with E-state index in [2.05, 4.69) is 88.9 Å². The Labute approximate surface area is 503 Å². The van der Waals surface area contributed by atoms with Crippen LogP contribution in [0.15, 0.2) is 120 Å². The van der Waals surface area contributed by atoms with Gasteiger partial charge < -0.3 is 38.2 Å². The topological polar surface area (TPSA) is 128 Å². The first kappa shape index (κ1) is 60.4. The van der Waals surface area contributed by atoms with Crippen molar-refractivity contribution in [2.24, 2.45) is 0 Å². The smallest absolute Gasteiger partial charge is 0.308 e. The van der Waals surface area contributed by atoms with Crippen molar-refractivity contribution in [2.45, 2.75) is 116 Å². The highest BCUT2D eigenvalue weighted by atomic mass is 32.1. The lowest BCUT2D eigenvalue weighted by atomic mass is 10.0. The highest BCUT2D eigenvalue weighted by Crippen LogP contribution is 2.33. The first-order valence-corrected chi connectivity index (χ1v) is 32.7. The average molecular weight is 1180 g/mol. The van der Waals surface area contributed by atoms with Crippen LogP contribution in [0.25, 0.3) is 42.0 Å². The van der Waals surface area contributed by atoms with Crippen molar-refractivity contribution in [2.75, 3.05) is 102 Å². The van der Waals surface area contributed by atoms with E-state index < -0.39 is 0 Å². The van der Waals surface area contributed by atoms with Gasteiger partial charge in [0.25, 0.3) is 0 Å². The molecule has 2 aliphatic rings. The molecule has 16 heteroatoms. The van der Waals surface area contributed by atoms with Gasteiger partial charge in [-0.1, -0.05) is 76.3 Å². The fourth-order valence-corrected chi connectivity index (χ4v) is 13.1. The van der Waals surface area contributed by atoms with E-state index in [1.54, 1.807) is 12.1 Å². The molecule has 10 rings (SSSR count). The Hall–Kier alpha value is -6.72. The number of unbranched alkanes of at least 4 members (excludes halogenated alkanes) is 13. The second-order valence-electron chi connectivity index (χ2n) is 22.3. The Kier molecular flexibility index (Phi) is 23.4. The molecule has 0 amide bonds. The van der Waals surface area contributed by atoms with E-state index >= 15 is 0 Å². The number of benzene rings is 4. The van der Waals surface area contributed by atoms with Crippen molar-refractivity contribution in [3.8, 4) is 23.3 Å². The summed E-state index contributed by atoms with van der Waals surface area (Å²) in [5, 5.41) is 9.10. The van der Waals surface area contributed by atoms with Crippen LogP contribution in [-0.4, -0.2) is 124 Å². The number of carbonyl (C=O) groups is 2. The minimum absolute atomic E-state index is 0.158. The van der Waals surface area contributed by atoms with Gasteiger partial charge >= 0.3 is 11.9 Å². The number of carbonyl (C=O) groups excluding carboxylic acids is 2. The maximum absolute atomic E-state index is 12.4. The molecule has 8 aromatic rings. The number of aromatic nitrogens is 2. The summed E-state index contributed by atoms with van der Waals surface area (Å²) in [6.07, 6.45) is 18.1. The standard InChI is InChI=1S/C68H84N6O8S2/c75-67(81-51-79-65-31-27-53-25-29-55(49-59(53)69-65)77-45-15-13-35-71-37-41-73(42-38-71)61-19-17-21-63-57(61)33-47-83-63)23-11-9-7-5-3-1-2-4-6-8-10-12-24-68(76)82-52-80-66-32-28-54-26-30-56(50-60(54)70-66)78-46-16-14-36-72-39-43-74(44-40-72)62-20-18-22-64-58(62)34-48-84-64/h17-22,25-34,47-50H,1-16,23-24,35-46,51-52H2. The Morgan fingerprint density at radius 2 is 0.821 bits per heavy atom. The summed E-state index contributed by atoms with van der Waals surface area (Å²) in [6, 6.07) is 37.2. The third-order valence-electron chi connectivity index (χ3n) is 16.3. The normalized spacial score (nSPS) is 14.2. The number of ether oxygens (including phenoxy) is 6. The van der Waals surface area contributed by atoms with Gasteiger partial charge in [0.05, 0.1) is 24.2 Å². The highest BCUT2D eigenvalue weighted by Gasteiger charge is 2.21. The Bertz CT molecular complexity index is 3080. The van der Waals surface area contributed by atoms with Crippen molar-refractivity contribution in [1.82, 2.24) is 19.8 Å². The maximum Gasteiger partial charge on any atom is 0.308 e. The number of fused-ring (bicyclic) bond motifs is 4. The molecule has 6 heterocycles. The van der Waals surface area contributed by atoms with Gasteiger partial charge in [-0.05, 0) is 135 Å². The van der Waals surface area contributed by atoms with E-state index in [4.69, 9.17) is 28.4 Å². The zero-order chi connectivity index (χ0) is 57.4. The number of pyridine rings is 2. The Morgan fingerprint density at radius 1 is 0.417 bits per heavy atom. The van der Waals surface area contributed by atoms with Crippen molar-refractivity contribution in [3.63, 3.8) is 0 Å². The molecule has 4 aromatic heterocycles. The average Bonchev–Trinajstić information content (AvgIpc) is 4.22. The molecule has 4 aromatic carbocycles. The van der Waals surface area contributed by atoms with Crippen LogP contribution in [0.4, 0.5) is 11.4 Å². The quantitative estimate of drug-likeness (QED) is 0.0212. The molecule has 2 saturated heterocycles. The van der Waals surface area contributed by atoms with Crippen molar-refractivity contribution >= 4 is 88.0 Å². The molecule has 0 atom stereocenters. The Morgan fingerprint density at radius 3 is 1.25 bits per heavy atom. The van der Waals surface area contributed by atoms with E-state index in [1.807, 2.05) is 71.2 Å². The molecule has 0 unspecified atom stereocenters. The van der Waals surface area contributed by atoms with Gasteiger partial charge in [0, 0.05) is 132 Å². The minimum Gasteiger partial charge on any atom is -0.494 e. The molecule has 2 fully saturated rings. The van der Waals surface area contributed by atoms with Crippen LogP contribution in [-0.2, 0) is 19.1 Å². The summed E-state index contributed by atoms with van der Waals surface area (Å²) in [4.78, 5) is 44.3. The number of anilines is 2.